The Balaban J connectivity index is 2.78. The SMILES string of the molecule is COc1ccc([N+](=O)[O-])c2scnc12. The Labute approximate surface area is 83.1 Å². The highest BCUT2D eigenvalue weighted by Crippen LogP contribution is 2.34. The first kappa shape index (κ1) is 8.89. The Morgan fingerprint density at radius 2 is 2.36 bits per heavy atom. The zero-order chi connectivity index (χ0) is 10.1. The molecule has 2 rings (SSSR count). The van der Waals surface area contributed by atoms with E-state index in [-0.39, 0.29) is 5.69 Å². The van der Waals surface area contributed by atoms with Gasteiger partial charge in [0.05, 0.1) is 17.5 Å². The molecule has 0 radical (unpaired) electrons. The first-order chi connectivity index (χ1) is 6.74. The number of hydrogen-bond donors (Lipinski definition) is 0. The molecule has 0 spiro atoms. The molecule has 0 amide bonds. The van der Waals surface area contributed by atoms with Crippen LogP contribution in [0, 0.1) is 10.1 Å². The number of fused-ring (bicyclic) bond motifs is 1. The van der Waals surface area contributed by atoms with Crippen LogP contribution in [0.4, 0.5) is 5.69 Å². The molecule has 5 nitrogen and oxygen atoms in total. The van der Waals surface area contributed by atoms with Crippen molar-refractivity contribution in [3.63, 3.8) is 0 Å². The van der Waals surface area contributed by atoms with Crippen LogP contribution in [-0.4, -0.2) is 17.0 Å². The predicted octanol–water partition coefficient (Wildman–Crippen LogP) is 2.21. The Morgan fingerprint density at radius 1 is 1.57 bits per heavy atom. The fourth-order valence-electron chi connectivity index (χ4n) is 1.22. The van der Waals surface area contributed by atoms with Crippen molar-refractivity contribution in [1.29, 1.82) is 0 Å². The summed E-state index contributed by atoms with van der Waals surface area (Å²) in [5, 5.41) is 10.7. The van der Waals surface area contributed by atoms with Gasteiger partial charge in [-0.05, 0) is 6.07 Å². The van der Waals surface area contributed by atoms with E-state index in [1.165, 1.54) is 24.5 Å². The number of nitrogens with zero attached hydrogens (tertiary/aromatic N) is 2. The lowest BCUT2D eigenvalue weighted by Crippen LogP contribution is -1.90. The molecular weight excluding hydrogens is 204 g/mol. The van der Waals surface area contributed by atoms with E-state index < -0.39 is 4.92 Å². The van der Waals surface area contributed by atoms with E-state index in [0.29, 0.717) is 16.0 Å². The van der Waals surface area contributed by atoms with Gasteiger partial charge in [-0.15, -0.1) is 11.3 Å². The highest BCUT2D eigenvalue weighted by molar-refractivity contribution is 7.17. The third-order valence-electron chi connectivity index (χ3n) is 1.84. The number of nitro benzene ring substituents is 1. The quantitative estimate of drug-likeness (QED) is 0.563. The van der Waals surface area contributed by atoms with Gasteiger partial charge < -0.3 is 4.74 Å². The van der Waals surface area contributed by atoms with Crippen molar-refractivity contribution in [1.82, 2.24) is 4.98 Å². The lowest BCUT2D eigenvalue weighted by Gasteiger charge is -1.99. The van der Waals surface area contributed by atoms with Gasteiger partial charge in [0, 0.05) is 6.07 Å². The standard InChI is InChI=1S/C8H6N2O3S/c1-13-6-3-2-5(10(11)12)8-7(6)9-4-14-8/h2-4H,1H3. The number of benzene rings is 1. The maximum Gasteiger partial charge on any atom is 0.289 e. The zero-order valence-electron chi connectivity index (χ0n) is 7.26. The van der Waals surface area contributed by atoms with Crippen LogP contribution < -0.4 is 4.74 Å². The normalized spacial score (nSPS) is 10.4. The summed E-state index contributed by atoms with van der Waals surface area (Å²) in [5.74, 6) is 0.562. The monoisotopic (exact) mass is 210 g/mol. The van der Waals surface area contributed by atoms with E-state index in [9.17, 15) is 10.1 Å². The van der Waals surface area contributed by atoms with E-state index >= 15 is 0 Å². The molecule has 0 bridgehead atoms. The van der Waals surface area contributed by atoms with Crippen LogP contribution >= 0.6 is 11.3 Å². The summed E-state index contributed by atoms with van der Waals surface area (Å²) >= 11 is 1.24. The van der Waals surface area contributed by atoms with E-state index in [1.807, 2.05) is 0 Å². The molecule has 1 heterocycles. The summed E-state index contributed by atoms with van der Waals surface area (Å²) in [6.07, 6.45) is 0. The summed E-state index contributed by atoms with van der Waals surface area (Å²) < 4.78 is 5.59. The second-order valence-corrected chi connectivity index (χ2v) is 3.43. The molecule has 0 saturated carbocycles. The topological polar surface area (TPSA) is 65.3 Å². The van der Waals surface area contributed by atoms with Crippen molar-refractivity contribution in [3.05, 3.63) is 27.8 Å². The number of methoxy groups -OCH3 is 1. The highest BCUT2D eigenvalue weighted by Gasteiger charge is 2.16. The Kier molecular flexibility index (Phi) is 2.05. The molecular formula is C8H6N2O3S. The van der Waals surface area contributed by atoms with E-state index in [0.717, 1.165) is 0 Å². The lowest BCUT2D eigenvalue weighted by molar-refractivity contribution is -0.382. The fraction of sp³-hybridized carbons (Fsp3) is 0.125. The van der Waals surface area contributed by atoms with Crippen LogP contribution in [0.2, 0.25) is 0 Å². The third kappa shape index (κ3) is 1.20. The highest BCUT2D eigenvalue weighted by atomic mass is 32.1. The van der Waals surface area contributed by atoms with Crippen LogP contribution in [0.5, 0.6) is 5.75 Å². The van der Waals surface area contributed by atoms with Crippen molar-refractivity contribution in [2.75, 3.05) is 7.11 Å². The summed E-state index contributed by atoms with van der Waals surface area (Å²) in [4.78, 5) is 14.3. The van der Waals surface area contributed by atoms with Crippen LogP contribution in [0.25, 0.3) is 10.2 Å². The van der Waals surface area contributed by atoms with Gasteiger partial charge in [0.2, 0.25) is 0 Å². The van der Waals surface area contributed by atoms with Crippen molar-refractivity contribution in [2.45, 2.75) is 0 Å². The number of non-ortho nitro benzene ring substituents is 1. The molecule has 0 aliphatic heterocycles. The van der Waals surface area contributed by atoms with Crippen LogP contribution in [0.15, 0.2) is 17.6 Å². The Bertz CT molecular complexity index is 494. The first-order valence-corrected chi connectivity index (χ1v) is 4.66. The average molecular weight is 210 g/mol. The third-order valence-corrected chi connectivity index (χ3v) is 2.69. The Hall–Kier alpha value is -1.69. The zero-order valence-corrected chi connectivity index (χ0v) is 8.08. The molecule has 0 unspecified atom stereocenters. The molecule has 0 aliphatic rings. The molecule has 14 heavy (non-hydrogen) atoms. The number of hydrogen-bond acceptors (Lipinski definition) is 5. The van der Waals surface area contributed by atoms with Crippen molar-refractivity contribution in [2.24, 2.45) is 0 Å². The molecule has 1 aromatic carbocycles. The molecule has 0 saturated heterocycles. The summed E-state index contributed by atoms with van der Waals surface area (Å²) in [6, 6.07) is 2.99. The Morgan fingerprint density at radius 3 is 3.00 bits per heavy atom. The maximum absolute atomic E-state index is 10.7. The molecule has 0 N–H and O–H groups in total. The van der Waals surface area contributed by atoms with Gasteiger partial charge in [0.15, 0.2) is 0 Å². The number of nitro groups is 1. The first-order valence-electron chi connectivity index (χ1n) is 3.78. The minimum atomic E-state index is -0.417. The van der Waals surface area contributed by atoms with Crippen LogP contribution in [0.1, 0.15) is 0 Å². The van der Waals surface area contributed by atoms with Gasteiger partial charge in [0.25, 0.3) is 5.69 Å². The van der Waals surface area contributed by atoms with Gasteiger partial charge in [-0.3, -0.25) is 10.1 Å². The fourth-order valence-corrected chi connectivity index (χ4v) is 2.01. The van der Waals surface area contributed by atoms with Gasteiger partial charge >= 0.3 is 0 Å². The van der Waals surface area contributed by atoms with E-state index in [1.54, 1.807) is 11.6 Å². The van der Waals surface area contributed by atoms with Crippen molar-refractivity contribution >= 4 is 27.2 Å². The van der Waals surface area contributed by atoms with Gasteiger partial charge in [-0.25, -0.2) is 4.98 Å². The summed E-state index contributed by atoms with van der Waals surface area (Å²) in [6.45, 7) is 0. The number of thiazole rings is 1. The van der Waals surface area contributed by atoms with E-state index in [4.69, 9.17) is 4.74 Å². The van der Waals surface area contributed by atoms with Crippen LogP contribution in [0.3, 0.4) is 0 Å². The lowest BCUT2D eigenvalue weighted by atomic mass is 10.3. The molecule has 0 fully saturated rings. The average Bonchev–Trinajstić information content (AvgIpc) is 2.64. The molecule has 1 aromatic heterocycles. The van der Waals surface area contributed by atoms with Crippen LogP contribution in [-0.2, 0) is 0 Å². The largest absolute Gasteiger partial charge is 0.494 e. The van der Waals surface area contributed by atoms with Gasteiger partial charge in [-0.1, -0.05) is 0 Å². The molecule has 2 aromatic rings. The molecule has 0 aliphatic carbocycles. The summed E-state index contributed by atoms with van der Waals surface area (Å²) in [7, 11) is 1.51. The van der Waals surface area contributed by atoms with Gasteiger partial charge in [0.1, 0.15) is 16.0 Å². The van der Waals surface area contributed by atoms with Gasteiger partial charge in [-0.2, -0.15) is 0 Å². The second kappa shape index (κ2) is 3.22. The smallest absolute Gasteiger partial charge is 0.289 e. The molecule has 6 heteroatoms. The minimum Gasteiger partial charge on any atom is -0.494 e. The maximum atomic E-state index is 10.7. The van der Waals surface area contributed by atoms with E-state index in [2.05, 4.69) is 4.98 Å². The number of aromatic nitrogens is 1. The predicted molar refractivity (Wildman–Crippen MR) is 52.8 cm³/mol. The minimum absolute atomic E-state index is 0.0725. The van der Waals surface area contributed by atoms with Crippen molar-refractivity contribution < 1.29 is 9.66 Å². The second-order valence-electron chi connectivity index (χ2n) is 2.57. The molecule has 0 atom stereocenters. The number of rotatable bonds is 2. The summed E-state index contributed by atoms with van der Waals surface area (Å²) in [5.41, 5.74) is 2.19. The van der Waals surface area contributed by atoms with Crippen molar-refractivity contribution in [3.8, 4) is 5.75 Å². The number of ether oxygens (including phenoxy) is 1. The molecule has 72 valence electrons.